The molecule has 1 atom stereocenters. The number of carbonyl (C=O) groups excluding carboxylic acids is 1. The fraction of sp³-hybridized carbons (Fsp3) is 0.522. The summed E-state index contributed by atoms with van der Waals surface area (Å²) in [5.74, 6) is 0.244. The smallest absolute Gasteiger partial charge is 0.262 e. The predicted molar refractivity (Wildman–Crippen MR) is 128 cm³/mol. The second-order valence-electron chi connectivity index (χ2n) is 8.55. The fourth-order valence-electron chi connectivity index (χ4n) is 4.81. The number of amides is 1. The molecule has 0 radical (unpaired) electrons. The number of hydrogen-bond acceptors (Lipinski definition) is 6. The van der Waals surface area contributed by atoms with Gasteiger partial charge in [-0.25, -0.2) is 13.4 Å². The molecular formula is C23H29N3O4S2. The third kappa shape index (κ3) is 4.93. The maximum Gasteiger partial charge on any atom is 0.262 e. The Balaban J connectivity index is 1.59. The van der Waals surface area contributed by atoms with Crippen molar-refractivity contribution in [2.45, 2.75) is 62.3 Å². The Labute approximate surface area is 192 Å². The lowest BCUT2D eigenvalue weighted by Crippen LogP contribution is -2.49. The molecule has 1 aliphatic carbocycles. The lowest BCUT2D eigenvalue weighted by molar-refractivity contribution is -0.133. The summed E-state index contributed by atoms with van der Waals surface area (Å²) in [5.41, 5.74) is 0.440. The number of para-hydroxylation sites is 1. The van der Waals surface area contributed by atoms with Crippen molar-refractivity contribution < 1.29 is 13.2 Å². The lowest BCUT2D eigenvalue weighted by atomic mass is 9.93. The minimum atomic E-state index is -3.09. The second-order valence-corrected chi connectivity index (χ2v) is 11.7. The van der Waals surface area contributed by atoms with Crippen molar-refractivity contribution in [1.29, 1.82) is 0 Å². The van der Waals surface area contributed by atoms with Crippen LogP contribution in [0.4, 0.5) is 0 Å². The summed E-state index contributed by atoms with van der Waals surface area (Å²) < 4.78 is 25.8. The number of sulfone groups is 1. The molecule has 0 spiro atoms. The quantitative estimate of drug-likeness (QED) is 0.347. The Morgan fingerprint density at radius 3 is 2.62 bits per heavy atom. The Hall–Kier alpha value is -2.13. The molecule has 2 heterocycles. The molecule has 7 nitrogen and oxygen atoms in total. The van der Waals surface area contributed by atoms with Gasteiger partial charge in [-0.15, -0.1) is 6.58 Å². The molecule has 1 aliphatic heterocycles. The maximum absolute atomic E-state index is 13.4. The normalized spacial score (nSPS) is 20.9. The Bertz CT molecular complexity index is 1170. The molecule has 2 aliphatic rings. The molecule has 4 rings (SSSR count). The molecule has 172 valence electrons. The highest BCUT2D eigenvalue weighted by atomic mass is 32.2. The molecule has 2 fully saturated rings. The van der Waals surface area contributed by atoms with Gasteiger partial charge in [-0.3, -0.25) is 14.2 Å². The van der Waals surface area contributed by atoms with Crippen LogP contribution in [0.15, 0.2) is 46.9 Å². The second kappa shape index (κ2) is 9.79. The van der Waals surface area contributed by atoms with Gasteiger partial charge >= 0.3 is 0 Å². The van der Waals surface area contributed by atoms with E-state index in [9.17, 15) is 18.0 Å². The van der Waals surface area contributed by atoms with Crippen LogP contribution in [0.3, 0.4) is 0 Å². The van der Waals surface area contributed by atoms with E-state index >= 15 is 0 Å². The highest BCUT2D eigenvalue weighted by Gasteiger charge is 2.38. The first-order valence-electron chi connectivity index (χ1n) is 11.1. The number of hydrogen-bond donors (Lipinski definition) is 0. The van der Waals surface area contributed by atoms with Gasteiger partial charge in [-0.05, 0) is 31.4 Å². The Kier molecular flexibility index (Phi) is 7.05. The molecule has 1 saturated carbocycles. The van der Waals surface area contributed by atoms with Crippen molar-refractivity contribution in [2.24, 2.45) is 0 Å². The number of carbonyl (C=O) groups is 1. The van der Waals surface area contributed by atoms with Crippen LogP contribution in [-0.4, -0.2) is 58.1 Å². The maximum atomic E-state index is 13.4. The molecule has 0 bridgehead atoms. The van der Waals surface area contributed by atoms with Crippen LogP contribution < -0.4 is 5.56 Å². The zero-order valence-electron chi connectivity index (χ0n) is 18.1. The number of nitrogens with zero attached hydrogens (tertiary/aromatic N) is 3. The van der Waals surface area contributed by atoms with E-state index in [1.165, 1.54) is 16.3 Å². The van der Waals surface area contributed by atoms with E-state index in [4.69, 9.17) is 0 Å². The van der Waals surface area contributed by atoms with Crippen molar-refractivity contribution in [3.8, 4) is 0 Å². The summed E-state index contributed by atoms with van der Waals surface area (Å²) >= 11 is 1.24. The molecule has 1 aromatic heterocycles. The highest BCUT2D eigenvalue weighted by Crippen LogP contribution is 2.29. The number of rotatable bonds is 7. The number of benzene rings is 1. The number of allylic oxidation sites excluding steroid dienone is 1. The van der Waals surface area contributed by atoms with E-state index < -0.39 is 9.84 Å². The molecule has 32 heavy (non-hydrogen) atoms. The monoisotopic (exact) mass is 475 g/mol. The number of aromatic nitrogens is 2. The van der Waals surface area contributed by atoms with Crippen LogP contribution >= 0.6 is 11.8 Å². The van der Waals surface area contributed by atoms with Crippen molar-refractivity contribution >= 4 is 38.4 Å². The van der Waals surface area contributed by atoms with Gasteiger partial charge in [-0.2, -0.15) is 0 Å². The molecule has 0 N–H and O–H groups in total. The van der Waals surface area contributed by atoms with Gasteiger partial charge in [-0.1, -0.05) is 49.2 Å². The van der Waals surface area contributed by atoms with Gasteiger partial charge < -0.3 is 4.90 Å². The van der Waals surface area contributed by atoms with E-state index in [-0.39, 0.29) is 40.8 Å². The van der Waals surface area contributed by atoms with E-state index in [0.717, 1.165) is 32.1 Å². The third-order valence-electron chi connectivity index (χ3n) is 6.32. The van der Waals surface area contributed by atoms with Crippen LogP contribution in [0.25, 0.3) is 10.9 Å². The summed E-state index contributed by atoms with van der Waals surface area (Å²) in [6.07, 6.45) is 7.26. The fourth-order valence-corrected chi connectivity index (χ4v) is 7.40. The summed E-state index contributed by atoms with van der Waals surface area (Å²) in [6.45, 7) is 4.05. The average Bonchev–Trinajstić information content (AvgIpc) is 3.14. The van der Waals surface area contributed by atoms with Crippen molar-refractivity contribution in [3.05, 3.63) is 47.3 Å². The topological polar surface area (TPSA) is 89.3 Å². The summed E-state index contributed by atoms with van der Waals surface area (Å²) in [4.78, 5) is 32.8. The zero-order valence-corrected chi connectivity index (χ0v) is 19.7. The first kappa shape index (κ1) is 23.0. The standard InChI is InChI=1S/C23H29N3O4S2/c1-2-13-25-22(28)19-10-6-7-11-20(19)24-23(25)31-15-21(27)26(17-8-4-3-5-9-17)18-12-14-32(29,30)16-18/h2,6-7,10-11,17-18H,1,3-5,8-9,12-16H2. The first-order chi connectivity index (χ1) is 15.4. The SMILES string of the molecule is C=CCn1c(SCC(=O)N(C2CCCCC2)C2CCS(=O)(=O)C2)nc2ccccc2c1=O. The van der Waals surface area contributed by atoms with E-state index in [2.05, 4.69) is 11.6 Å². The zero-order chi connectivity index (χ0) is 22.7. The third-order valence-corrected chi connectivity index (χ3v) is 9.03. The Morgan fingerprint density at radius 2 is 1.94 bits per heavy atom. The molecular weight excluding hydrogens is 446 g/mol. The molecule has 9 heteroatoms. The summed E-state index contributed by atoms with van der Waals surface area (Å²) in [7, 11) is -3.09. The van der Waals surface area contributed by atoms with Crippen LogP contribution in [0.1, 0.15) is 38.5 Å². The first-order valence-corrected chi connectivity index (χ1v) is 13.9. The van der Waals surface area contributed by atoms with Gasteiger partial charge in [0.05, 0.1) is 28.2 Å². The molecule has 2 aromatic rings. The van der Waals surface area contributed by atoms with E-state index in [1.807, 2.05) is 11.0 Å². The molecule has 1 unspecified atom stereocenters. The van der Waals surface area contributed by atoms with Crippen LogP contribution in [0.5, 0.6) is 0 Å². The van der Waals surface area contributed by atoms with Crippen LogP contribution in [-0.2, 0) is 21.2 Å². The minimum Gasteiger partial charge on any atom is -0.335 e. The predicted octanol–water partition coefficient (Wildman–Crippen LogP) is 3.02. The van der Waals surface area contributed by atoms with Crippen molar-refractivity contribution in [2.75, 3.05) is 17.3 Å². The van der Waals surface area contributed by atoms with Crippen molar-refractivity contribution in [3.63, 3.8) is 0 Å². The molecule has 1 aromatic carbocycles. The number of thioether (sulfide) groups is 1. The average molecular weight is 476 g/mol. The van der Waals surface area contributed by atoms with Gasteiger partial charge in [0.25, 0.3) is 5.56 Å². The lowest BCUT2D eigenvalue weighted by Gasteiger charge is -2.38. The molecule has 1 saturated heterocycles. The largest absolute Gasteiger partial charge is 0.335 e. The van der Waals surface area contributed by atoms with Gasteiger partial charge in [0.15, 0.2) is 15.0 Å². The van der Waals surface area contributed by atoms with E-state index in [1.54, 1.807) is 24.3 Å². The highest BCUT2D eigenvalue weighted by molar-refractivity contribution is 7.99. The van der Waals surface area contributed by atoms with Crippen LogP contribution in [0, 0.1) is 0 Å². The van der Waals surface area contributed by atoms with Gasteiger partial charge in [0.1, 0.15) is 0 Å². The minimum absolute atomic E-state index is 0.0509. The summed E-state index contributed by atoms with van der Waals surface area (Å²) in [6, 6.07) is 7.01. The summed E-state index contributed by atoms with van der Waals surface area (Å²) in [5, 5.41) is 1.01. The van der Waals surface area contributed by atoms with Crippen LogP contribution in [0.2, 0.25) is 0 Å². The molecule has 1 amide bonds. The van der Waals surface area contributed by atoms with Gasteiger partial charge in [0, 0.05) is 18.6 Å². The van der Waals surface area contributed by atoms with Gasteiger partial charge in [0.2, 0.25) is 5.91 Å². The van der Waals surface area contributed by atoms with Crippen molar-refractivity contribution in [1.82, 2.24) is 14.5 Å². The Morgan fingerprint density at radius 1 is 1.19 bits per heavy atom. The number of fused-ring (bicyclic) bond motifs is 1. The van der Waals surface area contributed by atoms with E-state index in [0.29, 0.717) is 29.0 Å².